The van der Waals surface area contributed by atoms with Gasteiger partial charge in [0.05, 0.1) is 11.6 Å². The van der Waals surface area contributed by atoms with Crippen molar-refractivity contribution in [3.63, 3.8) is 0 Å². The minimum Gasteiger partial charge on any atom is -0.388 e. The third kappa shape index (κ3) is 3.69. The third-order valence-electron chi connectivity index (χ3n) is 4.06. The van der Waals surface area contributed by atoms with Crippen LogP contribution in [0.3, 0.4) is 0 Å². The molecule has 1 aromatic heterocycles. The van der Waals surface area contributed by atoms with Crippen molar-refractivity contribution in [2.24, 2.45) is 0 Å². The Bertz CT molecular complexity index is 780. The molecular weight excluding hydrogens is 284 g/mol. The maximum absolute atomic E-state index is 10.1. The molecule has 3 rings (SSSR count). The molecule has 3 nitrogen and oxygen atoms in total. The predicted molar refractivity (Wildman–Crippen MR) is 95.4 cm³/mol. The number of aromatic nitrogens is 1. The SMILES string of the molecule is CCCC(O)c1cccc(NCc2ccnc3ccccc23)c1. The summed E-state index contributed by atoms with van der Waals surface area (Å²) in [6, 6.07) is 18.2. The highest BCUT2D eigenvalue weighted by Gasteiger charge is 2.07. The number of benzene rings is 2. The van der Waals surface area contributed by atoms with E-state index in [1.54, 1.807) is 0 Å². The number of nitrogens with one attached hydrogen (secondary N) is 1. The van der Waals surface area contributed by atoms with Crippen LogP contribution in [0.1, 0.15) is 37.0 Å². The van der Waals surface area contributed by atoms with E-state index in [0.717, 1.165) is 36.2 Å². The average molecular weight is 306 g/mol. The second-order valence-corrected chi connectivity index (χ2v) is 5.77. The van der Waals surface area contributed by atoms with Gasteiger partial charge in [-0.3, -0.25) is 4.98 Å². The molecule has 0 fully saturated rings. The van der Waals surface area contributed by atoms with Crippen molar-refractivity contribution < 1.29 is 5.11 Å². The van der Waals surface area contributed by atoms with Crippen LogP contribution in [0.5, 0.6) is 0 Å². The van der Waals surface area contributed by atoms with Gasteiger partial charge < -0.3 is 10.4 Å². The molecule has 1 unspecified atom stereocenters. The number of fused-ring (bicyclic) bond motifs is 1. The molecule has 0 radical (unpaired) electrons. The number of aliphatic hydroxyl groups excluding tert-OH is 1. The monoisotopic (exact) mass is 306 g/mol. The maximum atomic E-state index is 10.1. The summed E-state index contributed by atoms with van der Waals surface area (Å²) in [5.41, 5.74) is 4.23. The van der Waals surface area contributed by atoms with Crippen LogP contribution in [0.2, 0.25) is 0 Å². The van der Waals surface area contributed by atoms with Crippen LogP contribution in [-0.4, -0.2) is 10.1 Å². The summed E-state index contributed by atoms with van der Waals surface area (Å²) in [5, 5.41) is 14.8. The summed E-state index contributed by atoms with van der Waals surface area (Å²) in [7, 11) is 0. The Morgan fingerprint density at radius 1 is 1.09 bits per heavy atom. The van der Waals surface area contributed by atoms with Crippen molar-refractivity contribution in [2.45, 2.75) is 32.4 Å². The number of rotatable bonds is 6. The van der Waals surface area contributed by atoms with Crippen LogP contribution in [-0.2, 0) is 6.54 Å². The Hall–Kier alpha value is -2.39. The highest BCUT2D eigenvalue weighted by atomic mass is 16.3. The molecule has 118 valence electrons. The van der Waals surface area contributed by atoms with Crippen LogP contribution < -0.4 is 5.32 Å². The van der Waals surface area contributed by atoms with E-state index in [-0.39, 0.29) is 6.10 Å². The van der Waals surface area contributed by atoms with Crippen molar-refractivity contribution in [1.29, 1.82) is 0 Å². The average Bonchev–Trinajstić information content (AvgIpc) is 2.60. The first kappa shape index (κ1) is 15.5. The molecule has 0 saturated heterocycles. The summed E-state index contributed by atoms with van der Waals surface area (Å²) < 4.78 is 0. The molecule has 1 atom stereocenters. The normalized spacial score (nSPS) is 12.3. The molecule has 0 amide bonds. The van der Waals surface area contributed by atoms with Gasteiger partial charge in [-0.25, -0.2) is 0 Å². The molecule has 0 aliphatic carbocycles. The molecule has 3 aromatic rings. The molecule has 23 heavy (non-hydrogen) atoms. The molecule has 3 heteroatoms. The number of hydrogen-bond acceptors (Lipinski definition) is 3. The summed E-state index contributed by atoms with van der Waals surface area (Å²) in [6.07, 6.45) is 3.23. The largest absolute Gasteiger partial charge is 0.388 e. The van der Waals surface area contributed by atoms with Crippen molar-refractivity contribution >= 4 is 16.6 Å². The Labute approximate surface area is 137 Å². The quantitative estimate of drug-likeness (QED) is 0.695. The van der Waals surface area contributed by atoms with Gasteiger partial charge in [0.25, 0.3) is 0 Å². The Balaban J connectivity index is 1.76. The fraction of sp³-hybridized carbons (Fsp3) is 0.250. The first-order valence-electron chi connectivity index (χ1n) is 8.12. The fourth-order valence-electron chi connectivity index (χ4n) is 2.80. The lowest BCUT2D eigenvalue weighted by Crippen LogP contribution is -2.02. The van der Waals surface area contributed by atoms with Gasteiger partial charge in [-0.15, -0.1) is 0 Å². The van der Waals surface area contributed by atoms with E-state index in [2.05, 4.69) is 23.3 Å². The summed E-state index contributed by atoms with van der Waals surface area (Å²) in [4.78, 5) is 4.39. The molecule has 0 bridgehead atoms. The molecule has 1 heterocycles. The molecule has 0 aliphatic rings. The van der Waals surface area contributed by atoms with E-state index in [9.17, 15) is 5.11 Å². The minimum atomic E-state index is -0.386. The smallest absolute Gasteiger partial charge is 0.0790 e. The van der Waals surface area contributed by atoms with Gasteiger partial charge in [0.1, 0.15) is 0 Å². The molecular formula is C20H22N2O. The lowest BCUT2D eigenvalue weighted by Gasteiger charge is -2.13. The number of para-hydroxylation sites is 1. The van der Waals surface area contributed by atoms with E-state index in [0.29, 0.717) is 0 Å². The molecule has 0 spiro atoms. The highest BCUT2D eigenvalue weighted by Crippen LogP contribution is 2.22. The first-order valence-corrected chi connectivity index (χ1v) is 8.12. The van der Waals surface area contributed by atoms with Crippen molar-refractivity contribution in [3.8, 4) is 0 Å². The van der Waals surface area contributed by atoms with E-state index in [1.807, 2.05) is 54.7 Å². The zero-order chi connectivity index (χ0) is 16.1. The summed E-state index contributed by atoms with van der Waals surface area (Å²) in [5.74, 6) is 0. The van der Waals surface area contributed by atoms with Crippen molar-refractivity contribution in [1.82, 2.24) is 4.98 Å². The Morgan fingerprint density at radius 2 is 1.96 bits per heavy atom. The second-order valence-electron chi connectivity index (χ2n) is 5.77. The van der Waals surface area contributed by atoms with Gasteiger partial charge in [-0.2, -0.15) is 0 Å². The van der Waals surface area contributed by atoms with Crippen molar-refractivity contribution in [2.75, 3.05) is 5.32 Å². The molecule has 2 N–H and O–H groups in total. The Kier molecular flexibility index (Phi) is 4.89. The summed E-state index contributed by atoms with van der Waals surface area (Å²) >= 11 is 0. The minimum absolute atomic E-state index is 0.386. The molecule has 0 saturated carbocycles. The Morgan fingerprint density at radius 3 is 2.83 bits per heavy atom. The maximum Gasteiger partial charge on any atom is 0.0790 e. The number of pyridine rings is 1. The second kappa shape index (κ2) is 7.25. The predicted octanol–water partition coefficient (Wildman–Crippen LogP) is 4.68. The van der Waals surface area contributed by atoms with E-state index < -0.39 is 0 Å². The van der Waals surface area contributed by atoms with Crippen LogP contribution in [0.25, 0.3) is 10.9 Å². The van der Waals surface area contributed by atoms with Crippen LogP contribution in [0, 0.1) is 0 Å². The van der Waals surface area contributed by atoms with Crippen LogP contribution in [0.4, 0.5) is 5.69 Å². The zero-order valence-corrected chi connectivity index (χ0v) is 13.4. The van der Waals surface area contributed by atoms with Gasteiger partial charge in [0, 0.05) is 23.8 Å². The number of aliphatic hydroxyl groups is 1. The lowest BCUT2D eigenvalue weighted by atomic mass is 10.0. The van der Waals surface area contributed by atoms with Gasteiger partial charge in [-0.1, -0.05) is 43.7 Å². The summed E-state index contributed by atoms with van der Waals surface area (Å²) in [6.45, 7) is 2.82. The van der Waals surface area contributed by atoms with Crippen LogP contribution >= 0.6 is 0 Å². The third-order valence-corrected chi connectivity index (χ3v) is 4.06. The number of hydrogen-bond donors (Lipinski definition) is 2. The van der Waals surface area contributed by atoms with Crippen molar-refractivity contribution in [3.05, 3.63) is 71.9 Å². The number of nitrogens with zero attached hydrogens (tertiary/aromatic N) is 1. The van der Waals surface area contributed by atoms with Crippen LogP contribution in [0.15, 0.2) is 60.8 Å². The van der Waals surface area contributed by atoms with Gasteiger partial charge >= 0.3 is 0 Å². The lowest BCUT2D eigenvalue weighted by molar-refractivity contribution is 0.166. The standard InChI is InChI=1S/C20H22N2O/c1-2-6-20(23)15-7-5-8-17(13-15)22-14-16-11-12-21-19-10-4-3-9-18(16)19/h3-5,7-13,20,22-23H,2,6,14H2,1H3. The molecule has 2 aromatic carbocycles. The van der Waals surface area contributed by atoms with E-state index >= 15 is 0 Å². The zero-order valence-electron chi connectivity index (χ0n) is 13.4. The van der Waals surface area contributed by atoms with E-state index in [1.165, 1.54) is 10.9 Å². The topological polar surface area (TPSA) is 45.1 Å². The van der Waals surface area contributed by atoms with Gasteiger partial charge in [-0.05, 0) is 41.8 Å². The van der Waals surface area contributed by atoms with E-state index in [4.69, 9.17) is 0 Å². The fourth-order valence-corrected chi connectivity index (χ4v) is 2.80. The number of anilines is 1. The highest BCUT2D eigenvalue weighted by molar-refractivity contribution is 5.82. The first-order chi connectivity index (χ1) is 11.3. The molecule has 0 aliphatic heterocycles. The van der Waals surface area contributed by atoms with Gasteiger partial charge in [0.2, 0.25) is 0 Å². The van der Waals surface area contributed by atoms with Gasteiger partial charge in [0.15, 0.2) is 0 Å².